The summed E-state index contributed by atoms with van der Waals surface area (Å²) in [7, 11) is -7.55. The molecule has 0 spiro atoms. The van der Waals surface area contributed by atoms with Crippen LogP contribution in [-0.2, 0) is 20.0 Å². The average molecular weight is 436 g/mol. The van der Waals surface area contributed by atoms with Gasteiger partial charge in [-0.25, -0.2) is 8.42 Å². The van der Waals surface area contributed by atoms with Crippen LogP contribution in [0.25, 0.3) is 0 Å². The highest BCUT2D eigenvalue weighted by atomic mass is 32.2. The van der Waals surface area contributed by atoms with Gasteiger partial charge < -0.3 is 4.90 Å². The highest BCUT2D eigenvalue weighted by Crippen LogP contribution is 2.25. The Balaban J connectivity index is 1.85. The van der Waals surface area contributed by atoms with E-state index in [1.807, 2.05) is 13.8 Å². The van der Waals surface area contributed by atoms with Gasteiger partial charge in [0.1, 0.15) is 5.84 Å². The maximum Gasteiger partial charge on any atom is 0.283 e. The van der Waals surface area contributed by atoms with Crippen LogP contribution >= 0.6 is 0 Å². The van der Waals surface area contributed by atoms with Gasteiger partial charge in [0.25, 0.3) is 10.0 Å². The highest BCUT2D eigenvalue weighted by Gasteiger charge is 2.38. The standard InChI is InChI=1S/C20H25N3O4S2/c1-15-5-9-19(10-6-15)28(24,25)21-17(3)22-13-14-23(18(22)4)29(26,27)20-11-7-16(2)8-12-20/h5-12,18H,13-14H2,1-4H3. The van der Waals surface area contributed by atoms with Gasteiger partial charge in [0.2, 0.25) is 10.0 Å². The summed E-state index contributed by atoms with van der Waals surface area (Å²) in [6, 6.07) is 13.1. The van der Waals surface area contributed by atoms with Gasteiger partial charge in [0.15, 0.2) is 0 Å². The van der Waals surface area contributed by atoms with Crippen molar-refractivity contribution in [1.29, 1.82) is 0 Å². The van der Waals surface area contributed by atoms with Crippen LogP contribution in [0, 0.1) is 13.8 Å². The molecule has 2 aromatic carbocycles. The molecule has 0 amide bonds. The lowest BCUT2D eigenvalue weighted by molar-refractivity contribution is 0.301. The fraction of sp³-hybridized carbons (Fsp3) is 0.350. The Morgan fingerprint density at radius 3 is 1.86 bits per heavy atom. The molecule has 29 heavy (non-hydrogen) atoms. The number of benzene rings is 2. The van der Waals surface area contributed by atoms with E-state index in [0.29, 0.717) is 6.54 Å². The smallest absolute Gasteiger partial charge is 0.283 e. The van der Waals surface area contributed by atoms with Gasteiger partial charge in [0.05, 0.1) is 16.0 Å². The summed E-state index contributed by atoms with van der Waals surface area (Å²) in [4.78, 5) is 2.02. The van der Waals surface area contributed by atoms with E-state index in [0.717, 1.165) is 11.1 Å². The second kappa shape index (κ2) is 7.89. The molecule has 156 valence electrons. The van der Waals surface area contributed by atoms with Crippen LogP contribution in [0.4, 0.5) is 0 Å². The number of amidine groups is 1. The maximum absolute atomic E-state index is 13.0. The first-order valence-corrected chi connectivity index (χ1v) is 12.1. The molecule has 0 saturated carbocycles. The molecule has 0 radical (unpaired) electrons. The van der Waals surface area contributed by atoms with Crippen LogP contribution in [0.3, 0.4) is 0 Å². The van der Waals surface area contributed by atoms with Gasteiger partial charge >= 0.3 is 0 Å². The van der Waals surface area contributed by atoms with E-state index in [1.165, 1.54) is 16.4 Å². The first-order chi connectivity index (χ1) is 13.5. The Labute approximate surface area is 172 Å². The zero-order valence-corrected chi connectivity index (χ0v) is 18.5. The fourth-order valence-electron chi connectivity index (χ4n) is 3.32. The molecule has 9 heteroatoms. The van der Waals surface area contributed by atoms with Crippen molar-refractivity contribution in [2.75, 3.05) is 13.1 Å². The lowest BCUT2D eigenvalue weighted by Gasteiger charge is -2.27. The van der Waals surface area contributed by atoms with Gasteiger partial charge in [-0.1, -0.05) is 35.4 Å². The van der Waals surface area contributed by atoms with Crippen molar-refractivity contribution in [1.82, 2.24) is 9.21 Å². The maximum atomic E-state index is 13.0. The van der Waals surface area contributed by atoms with Crippen molar-refractivity contribution < 1.29 is 16.8 Å². The van der Waals surface area contributed by atoms with Crippen molar-refractivity contribution in [2.24, 2.45) is 4.40 Å². The Hall–Kier alpha value is -2.23. The Bertz CT molecular complexity index is 1120. The minimum Gasteiger partial charge on any atom is -0.342 e. The summed E-state index contributed by atoms with van der Waals surface area (Å²) in [5.41, 5.74) is 1.93. The summed E-state index contributed by atoms with van der Waals surface area (Å²) in [6.45, 7) is 7.71. The molecule has 1 heterocycles. The number of hydrogen-bond acceptors (Lipinski definition) is 4. The van der Waals surface area contributed by atoms with Crippen molar-refractivity contribution >= 4 is 25.9 Å². The summed E-state index contributed by atoms with van der Waals surface area (Å²) in [5, 5.41) is 0. The summed E-state index contributed by atoms with van der Waals surface area (Å²) >= 11 is 0. The molecule has 3 rings (SSSR count). The molecule has 0 bridgehead atoms. The van der Waals surface area contributed by atoms with Crippen LogP contribution in [0.5, 0.6) is 0 Å². The summed E-state index contributed by atoms with van der Waals surface area (Å²) < 4.78 is 56.5. The third-order valence-corrected chi connectivity index (χ3v) is 8.39. The zero-order chi connectivity index (χ0) is 21.4. The molecular formula is C20H25N3O4S2. The van der Waals surface area contributed by atoms with Crippen LogP contribution in [0.1, 0.15) is 25.0 Å². The largest absolute Gasteiger partial charge is 0.342 e. The molecule has 0 aromatic heterocycles. The van der Waals surface area contributed by atoms with Gasteiger partial charge in [-0.15, -0.1) is 4.40 Å². The van der Waals surface area contributed by atoms with Gasteiger partial charge in [0, 0.05) is 13.1 Å². The third kappa shape index (κ3) is 4.36. The zero-order valence-electron chi connectivity index (χ0n) is 16.9. The molecule has 2 aromatic rings. The first-order valence-electron chi connectivity index (χ1n) is 9.26. The van der Waals surface area contributed by atoms with Crippen molar-refractivity contribution in [2.45, 2.75) is 43.7 Å². The molecule has 7 nitrogen and oxygen atoms in total. The number of rotatable bonds is 4. The minimum absolute atomic E-state index is 0.110. The Morgan fingerprint density at radius 1 is 0.862 bits per heavy atom. The SMILES string of the molecule is CC(=NS(=O)(=O)c1ccc(C)cc1)N1CCN(S(=O)(=O)c2ccc(C)cc2)C1C. The molecule has 1 aliphatic heterocycles. The summed E-state index contributed by atoms with van der Waals surface area (Å²) in [6.07, 6.45) is -0.543. The van der Waals surface area contributed by atoms with E-state index in [-0.39, 0.29) is 22.2 Å². The van der Waals surface area contributed by atoms with E-state index in [4.69, 9.17) is 0 Å². The highest BCUT2D eigenvalue weighted by molar-refractivity contribution is 7.90. The first kappa shape index (κ1) is 21.5. The average Bonchev–Trinajstić information content (AvgIpc) is 3.04. The molecule has 1 unspecified atom stereocenters. The lowest BCUT2D eigenvalue weighted by Crippen LogP contribution is -2.41. The number of sulfonamides is 2. The molecule has 1 saturated heterocycles. The molecule has 0 aliphatic carbocycles. The fourth-order valence-corrected chi connectivity index (χ4v) is 5.95. The van der Waals surface area contributed by atoms with E-state index < -0.39 is 26.2 Å². The number of nitrogens with zero attached hydrogens (tertiary/aromatic N) is 3. The van der Waals surface area contributed by atoms with Crippen LogP contribution in [-0.4, -0.2) is 51.1 Å². The van der Waals surface area contributed by atoms with E-state index in [2.05, 4.69) is 4.40 Å². The lowest BCUT2D eigenvalue weighted by atomic mass is 10.2. The van der Waals surface area contributed by atoms with Gasteiger partial charge in [-0.05, 0) is 52.0 Å². The Morgan fingerprint density at radius 2 is 1.34 bits per heavy atom. The van der Waals surface area contributed by atoms with Crippen molar-refractivity contribution in [3.63, 3.8) is 0 Å². The molecule has 1 fully saturated rings. The van der Waals surface area contributed by atoms with Crippen molar-refractivity contribution in [3.8, 4) is 0 Å². The van der Waals surface area contributed by atoms with E-state index in [1.54, 1.807) is 55.1 Å². The quantitative estimate of drug-likeness (QED) is 0.544. The number of aryl methyl sites for hydroxylation is 2. The monoisotopic (exact) mass is 435 g/mol. The molecule has 1 atom stereocenters. The second-order valence-corrected chi connectivity index (χ2v) is 10.7. The van der Waals surface area contributed by atoms with E-state index in [9.17, 15) is 16.8 Å². The second-order valence-electron chi connectivity index (χ2n) is 7.18. The molecular weight excluding hydrogens is 410 g/mol. The van der Waals surface area contributed by atoms with E-state index >= 15 is 0 Å². The third-order valence-electron chi connectivity index (χ3n) is 5.04. The summed E-state index contributed by atoms with van der Waals surface area (Å²) in [5.74, 6) is 0.264. The molecule has 1 aliphatic rings. The van der Waals surface area contributed by atoms with Crippen LogP contribution < -0.4 is 0 Å². The van der Waals surface area contributed by atoms with Gasteiger partial charge in [-0.3, -0.25) is 0 Å². The number of hydrogen-bond donors (Lipinski definition) is 0. The topological polar surface area (TPSA) is 87.1 Å². The Kier molecular flexibility index (Phi) is 5.84. The predicted molar refractivity (Wildman–Crippen MR) is 113 cm³/mol. The molecule has 0 N–H and O–H groups in total. The van der Waals surface area contributed by atoms with Crippen LogP contribution in [0.15, 0.2) is 62.7 Å². The minimum atomic E-state index is -3.87. The normalized spacial score (nSPS) is 19.0. The predicted octanol–water partition coefficient (Wildman–Crippen LogP) is 2.76. The van der Waals surface area contributed by atoms with Gasteiger partial charge in [-0.2, -0.15) is 12.7 Å². The van der Waals surface area contributed by atoms with Crippen LogP contribution in [0.2, 0.25) is 0 Å². The van der Waals surface area contributed by atoms with Crippen molar-refractivity contribution in [3.05, 3.63) is 59.7 Å².